The first-order valence-corrected chi connectivity index (χ1v) is 33.2. The van der Waals surface area contributed by atoms with Crippen LogP contribution >= 0.6 is 0 Å². The van der Waals surface area contributed by atoms with Crippen LogP contribution in [0.25, 0.3) is 0 Å². The number of unbranched alkanes of at least 4 members (excludes halogenated alkanes) is 45. The number of nitrogens with one attached hydrogen (secondary N) is 1. The second-order valence-electron chi connectivity index (χ2n) is 22.8. The Balaban J connectivity index is 3.38. The zero-order valence-electron chi connectivity index (χ0n) is 49.8. The molecular weight excluding hydrogens is 911 g/mol. The highest BCUT2D eigenvalue weighted by molar-refractivity contribution is 5.76. The smallest absolute Gasteiger partial charge is 0.305 e. The Morgan fingerprint density at radius 1 is 0.378 bits per heavy atom. The van der Waals surface area contributed by atoms with Crippen LogP contribution in [0.2, 0.25) is 0 Å². The fourth-order valence-corrected chi connectivity index (χ4v) is 10.3. The number of aliphatic hydroxyl groups excluding tert-OH is 2. The lowest BCUT2D eigenvalue weighted by molar-refractivity contribution is -0.143. The standard InChI is InChI=1S/C68H129NO5/c1-3-5-7-9-11-13-15-17-19-20-31-34-38-42-46-50-54-58-62-68(73)74-63-59-55-51-47-43-39-35-32-29-27-25-23-21-22-24-26-28-30-33-37-41-45-49-53-57-61-67(72)69-65(64-70)66(71)60-56-52-48-44-40-36-18-16-14-12-10-8-6-4-2/h13,15,19-20,22,24,65-66,70-71H,3-12,14,16-18,21,23,25-64H2,1-2H3,(H,69,72)/b15-13-,20-19-,24-22-. The summed E-state index contributed by atoms with van der Waals surface area (Å²) in [5, 5.41) is 23.3. The number of ether oxygens (including phenoxy) is 1. The molecule has 3 N–H and O–H groups in total. The molecular formula is C68H129NO5. The summed E-state index contributed by atoms with van der Waals surface area (Å²) in [7, 11) is 0. The van der Waals surface area contributed by atoms with Crippen LogP contribution in [0.5, 0.6) is 0 Å². The Morgan fingerprint density at radius 2 is 0.676 bits per heavy atom. The van der Waals surface area contributed by atoms with Crippen molar-refractivity contribution in [2.75, 3.05) is 13.2 Å². The van der Waals surface area contributed by atoms with Gasteiger partial charge in [-0.05, 0) is 83.5 Å². The van der Waals surface area contributed by atoms with Crippen molar-refractivity contribution in [3.63, 3.8) is 0 Å². The van der Waals surface area contributed by atoms with E-state index in [0.717, 1.165) is 51.4 Å². The second kappa shape index (κ2) is 63.6. The molecule has 0 aliphatic rings. The van der Waals surface area contributed by atoms with E-state index >= 15 is 0 Å². The van der Waals surface area contributed by atoms with Gasteiger partial charge in [0, 0.05) is 12.8 Å². The number of hydrogen-bond donors (Lipinski definition) is 3. The first-order valence-electron chi connectivity index (χ1n) is 33.2. The normalized spacial score (nSPS) is 12.8. The lowest BCUT2D eigenvalue weighted by Gasteiger charge is -2.22. The summed E-state index contributed by atoms with van der Waals surface area (Å²) in [5.41, 5.74) is 0. The van der Waals surface area contributed by atoms with Crippen molar-refractivity contribution < 1.29 is 24.5 Å². The highest BCUT2D eigenvalue weighted by atomic mass is 16.5. The molecule has 0 aliphatic carbocycles. The molecule has 2 atom stereocenters. The molecule has 0 aliphatic heterocycles. The van der Waals surface area contributed by atoms with Crippen molar-refractivity contribution >= 4 is 11.9 Å². The van der Waals surface area contributed by atoms with Crippen LogP contribution in [0, 0.1) is 0 Å². The minimum absolute atomic E-state index is 0.00640. The lowest BCUT2D eigenvalue weighted by Crippen LogP contribution is -2.45. The zero-order chi connectivity index (χ0) is 53.6. The molecule has 436 valence electrons. The average Bonchev–Trinajstić information content (AvgIpc) is 3.40. The maximum Gasteiger partial charge on any atom is 0.305 e. The summed E-state index contributed by atoms with van der Waals surface area (Å²) in [4.78, 5) is 24.6. The van der Waals surface area contributed by atoms with Gasteiger partial charge < -0.3 is 20.3 Å². The maximum absolute atomic E-state index is 12.5. The Bertz CT molecular complexity index is 1200. The Kier molecular flexibility index (Phi) is 62.0. The van der Waals surface area contributed by atoms with Gasteiger partial charge in [0.1, 0.15) is 0 Å². The molecule has 0 aromatic carbocycles. The molecule has 0 saturated heterocycles. The van der Waals surface area contributed by atoms with Gasteiger partial charge in [-0.2, -0.15) is 0 Å². The number of allylic oxidation sites excluding steroid dienone is 6. The van der Waals surface area contributed by atoms with Crippen molar-refractivity contribution in [3.8, 4) is 0 Å². The van der Waals surface area contributed by atoms with Gasteiger partial charge in [0.2, 0.25) is 5.91 Å². The average molecular weight is 1040 g/mol. The molecule has 2 unspecified atom stereocenters. The van der Waals surface area contributed by atoms with Gasteiger partial charge in [-0.25, -0.2) is 0 Å². The Morgan fingerprint density at radius 3 is 1.05 bits per heavy atom. The van der Waals surface area contributed by atoms with Gasteiger partial charge in [-0.15, -0.1) is 0 Å². The lowest BCUT2D eigenvalue weighted by atomic mass is 10.0. The summed E-state index contributed by atoms with van der Waals surface area (Å²) < 4.78 is 5.50. The van der Waals surface area contributed by atoms with Gasteiger partial charge in [0.15, 0.2) is 0 Å². The van der Waals surface area contributed by atoms with Crippen LogP contribution in [0.4, 0.5) is 0 Å². The molecule has 6 heteroatoms. The fourth-order valence-electron chi connectivity index (χ4n) is 10.3. The van der Waals surface area contributed by atoms with Crippen LogP contribution in [-0.4, -0.2) is 47.4 Å². The summed E-state index contributed by atoms with van der Waals surface area (Å²) in [6, 6.07) is -0.544. The molecule has 0 fully saturated rings. The first kappa shape index (κ1) is 72.1. The molecule has 0 rings (SSSR count). The molecule has 0 spiro atoms. The number of carbonyl (C=O) groups excluding carboxylic acids is 2. The molecule has 0 aromatic rings. The highest BCUT2D eigenvalue weighted by Gasteiger charge is 2.20. The van der Waals surface area contributed by atoms with Crippen molar-refractivity contribution in [3.05, 3.63) is 36.5 Å². The van der Waals surface area contributed by atoms with E-state index in [-0.39, 0.29) is 18.5 Å². The third kappa shape index (κ3) is 59.3. The van der Waals surface area contributed by atoms with Crippen LogP contribution in [0.1, 0.15) is 361 Å². The topological polar surface area (TPSA) is 95.9 Å². The molecule has 0 bridgehead atoms. The molecule has 0 heterocycles. The third-order valence-electron chi connectivity index (χ3n) is 15.4. The highest BCUT2D eigenvalue weighted by Crippen LogP contribution is 2.18. The van der Waals surface area contributed by atoms with E-state index in [1.54, 1.807) is 0 Å². The predicted molar refractivity (Wildman–Crippen MR) is 324 cm³/mol. The zero-order valence-corrected chi connectivity index (χ0v) is 49.8. The van der Waals surface area contributed by atoms with Crippen LogP contribution < -0.4 is 5.32 Å². The largest absolute Gasteiger partial charge is 0.466 e. The van der Waals surface area contributed by atoms with Crippen molar-refractivity contribution in [2.45, 2.75) is 373 Å². The van der Waals surface area contributed by atoms with E-state index in [9.17, 15) is 19.8 Å². The van der Waals surface area contributed by atoms with E-state index < -0.39 is 12.1 Å². The van der Waals surface area contributed by atoms with Gasteiger partial charge >= 0.3 is 5.97 Å². The van der Waals surface area contributed by atoms with E-state index in [4.69, 9.17) is 4.74 Å². The van der Waals surface area contributed by atoms with Gasteiger partial charge in [-0.3, -0.25) is 9.59 Å². The van der Waals surface area contributed by atoms with Crippen molar-refractivity contribution in [1.29, 1.82) is 0 Å². The number of esters is 1. The summed E-state index contributed by atoms with van der Waals surface area (Å²) in [6.45, 7) is 4.95. The number of rotatable bonds is 62. The molecule has 74 heavy (non-hydrogen) atoms. The molecule has 0 aromatic heterocycles. The van der Waals surface area contributed by atoms with Crippen molar-refractivity contribution in [2.24, 2.45) is 0 Å². The first-order chi connectivity index (χ1) is 36.5. The Hall–Kier alpha value is -1.92. The number of hydrogen-bond acceptors (Lipinski definition) is 5. The molecule has 0 radical (unpaired) electrons. The van der Waals surface area contributed by atoms with E-state index in [1.165, 1.54) is 276 Å². The minimum atomic E-state index is -0.666. The quantitative estimate of drug-likeness (QED) is 0.0320. The van der Waals surface area contributed by atoms with Crippen LogP contribution in [0.3, 0.4) is 0 Å². The van der Waals surface area contributed by atoms with E-state index in [1.807, 2.05) is 0 Å². The minimum Gasteiger partial charge on any atom is -0.466 e. The fraction of sp³-hybridized carbons (Fsp3) is 0.882. The molecule has 6 nitrogen and oxygen atoms in total. The van der Waals surface area contributed by atoms with Gasteiger partial charge in [-0.1, -0.05) is 301 Å². The number of amides is 1. The summed E-state index contributed by atoms with van der Waals surface area (Å²) in [5.74, 6) is -0.0302. The molecule has 0 saturated carbocycles. The molecule has 1 amide bonds. The number of carbonyl (C=O) groups is 2. The van der Waals surface area contributed by atoms with E-state index in [2.05, 4.69) is 55.6 Å². The second-order valence-corrected chi connectivity index (χ2v) is 22.8. The van der Waals surface area contributed by atoms with Crippen molar-refractivity contribution in [1.82, 2.24) is 5.32 Å². The number of aliphatic hydroxyl groups is 2. The third-order valence-corrected chi connectivity index (χ3v) is 15.4. The van der Waals surface area contributed by atoms with Crippen LogP contribution in [-0.2, 0) is 14.3 Å². The van der Waals surface area contributed by atoms with Gasteiger partial charge in [0.25, 0.3) is 0 Å². The monoisotopic (exact) mass is 1040 g/mol. The Labute approximate surface area is 462 Å². The van der Waals surface area contributed by atoms with Gasteiger partial charge in [0.05, 0.1) is 25.4 Å². The van der Waals surface area contributed by atoms with E-state index in [0.29, 0.717) is 25.9 Å². The summed E-state index contributed by atoms with van der Waals surface area (Å²) in [6.07, 6.45) is 80.3. The van der Waals surface area contributed by atoms with Crippen LogP contribution in [0.15, 0.2) is 36.5 Å². The maximum atomic E-state index is 12.5. The predicted octanol–water partition coefficient (Wildman–Crippen LogP) is 21.1. The summed E-state index contributed by atoms with van der Waals surface area (Å²) >= 11 is 0. The SMILES string of the molecule is CCCCCC/C=C\C/C=C\CCCCCCCCCC(=O)OCCCCCCCCCCCCCC/C=C\CCCCCCCCCCCC(=O)NC(CO)C(O)CCCCCCCCCCCCCCCC.